The third kappa shape index (κ3) is 3.45. The van der Waals surface area contributed by atoms with E-state index in [2.05, 4.69) is 15.2 Å². The molecule has 106 valence electrons. The number of aromatic amines is 1. The minimum absolute atomic E-state index is 0.203. The lowest BCUT2D eigenvalue weighted by atomic mass is 10.1. The molecule has 5 nitrogen and oxygen atoms in total. The number of carbonyl (C=O) groups excluding carboxylic acids is 1. The van der Waals surface area contributed by atoms with Crippen molar-refractivity contribution >= 4 is 16.8 Å². The molecule has 2 aromatic rings. The standard InChI is InChI=1S/C15H19N3O2/c1-18(2)9-5-8-16-15(20)12-10-14(19)17-13-7-4-3-6-11(12)13/h3-4,6-7,10H,5,8-9H2,1-2H3,(H,16,20)(H,17,19). The molecule has 1 aromatic carbocycles. The van der Waals surface area contributed by atoms with E-state index in [9.17, 15) is 9.59 Å². The van der Waals surface area contributed by atoms with Gasteiger partial charge in [-0.2, -0.15) is 0 Å². The molecule has 1 aromatic heterocycles. The summed E-state index contributed by atoms with van der Waals surface area (Å²) in [6.07, 6.45) is 0.875. The summed E-state index contributed by atoms with van der Waals surface area (Å²) < 4.78 is 0. The summed E-state index contributed by atoms with van der Waals surface area (Å²) >= 11 is 0. The zero-order valence-electron chi connectivity index (χ0n) is 11.8. The summed E-state index contributed by atoms with van der Waals surface area (Å²) in [6, 6.07) is 8.66. The average molecular weight is 273 g/mol. The lowest BCUT2D eigenvalue weighted by Gasteiger charge is -2.10. The fourth-order valence-electron chi connectivity index (χ4n) is 2.08. The maximum Gasteiger partial charge on any atom is 0.252 e. The number of hydrogen-bond donors (Lipinski definition) is 2. The molecule has 5 heteroatoms. The normalized spacial score (nSPS) is 10.9. The van der Waals surface area contributed by atoms with Crippen molar-refractivity contribution in [2.45, 2.75) is 6.42 Å². The van der Waals surface area contributed by atoms with E-state index < -0.39 is 0 Å². The van der Waals surface area contributed by atoms with E-state index in [-0.39, 0.29) is 11.5 Å². The molecule has 0 radical (unpaired) electrons. The summed E-state index contributed by atoms with van der Waals surface area (Å²) in [7, 11) is 3.98. The largest absolute Gasteiger partial charge is 0.352 e. The van der Waals surface area contributed by atoms with Gasteiger partial charge in [-0.3, -0.25) is 9.59 Å². The van der Waals surface area contributed by atoms with E-state index in [1.54, 1.807) is 6.07 Å². The highest BCUT2D eigenvalue weighted by Gasteiger charge is 2.10. The molecular weight excluding hydrogens is 254 g/mol. The zero-order chi connectivity index (χ0) is 14.5. The lowest BCUT2D eigenvalue weighted by molar-refractivity contribution is 0.0954. The maximum atomic E-state index is 12.2. The molecule has 0 spiro atoms. The predicted molar refractivity (Wildman–Crippen MR) is 80.1 cm³/mol. The van der Waals surface area contributed by atoms with Gasteiger partial charge in [0.25, 0.3) is 5.91 Å². The molecule has 0 fully saturated rings. The topological polar surface area (TPSA) is 65.2 Å². The summed E-state index contributed by atoms with van der Waals surface area (Å²) in [5.41, 5.74) is 0.842. The van der Waals surface area contributed by atoms with Gasteiger partial charge in [0.05, 0.1) is 5.56 Å². The van der Waals surface area contributed by atoms with Crippen molar-refractivity contribution < 1.29 is 4.79 Å². The van der Waals surface area contributed by atoms with Crippen LogP contribution in [0.5, 0.6) is 0 Å². The van der Waals surface area contributed by atoms with Crippen LogP contribution in [0.25, 0.3) is 10.9 Å². The Kier molecular flexibility index (Phi) is 4.53. The van der Waals surface area contributed by atoms with E-state index in [1.165, 1.54) is 6.07 Å². The number of amides is 1. The number of rotatable bonds is 5. The molecule has 0 saturated carbocycles. The summed E-state index contributed by atoms with van der Waals surface area (Å²) in [5, 5.41) is 3.62. The number of carbonyl (C=O) groups is 1. The molecule has 0 aliphatic carbocycles. The second kappa shape index (κ2) is 6.34. The molecule has 1 heterocycles. The molecule has 2 rings (SSSR count). The van der Waals surface area contributed by atoms with Crippen molar-refractivity contribution in [1.82, 2.24) is 15.2 Å². The van der Waals surface area contributed by atoms with Gasteiger partial charge in [0.15, 0.2) is 0 Å². The molecule has 2 N–H and O–H groups in total. The first-order valence-corrected chi connectivity index (χ1v) is 6.63. The molecule has 0 atom stereocenters. The van der Waals surface area contributed by atoms with Gasteiger partial charge in [-0.25, -0.2) is 0 Å². The zero-order valence-corrected chi connectivity index (χ0v) is 11.8. The first-order chi connectivity index (χ1) is 9.58. The minimum Gasteiger partial charge on any atom is -0.352 e. The minimum atomic E-state index is -0.262. The van der Waals surface area contributed by atoms with Crippen LogP contribution in [0.4, 0.5) is 0 Å². The molecule has 0 aliphatic heterocycles. The third-order valence-corrected chi connectivity index (χ3v) is 3.06. The Morgan fingerprint density at radius 3 is 2.80 bits per heavy atom. The number of fused-ring (bicyclic) bond motifs is 1. The van der Waals surface area contributed by atoms with Gasteiger partial charge in [-0.15, -0.1) is 0 Å². The van der Waals surface area contributed by atoms with Crippen LogP contribution in [-0.4, -0.2) is 43.0 Å². The van der Waals surface area contributed by atoms with E-state index in [0.29, 0.717) is 17.6 Å². The number of nitrogens with one attached hydrogen (secondary N) is 2. The fourth-order valence-corrected chi connectivity index (χ4v) is 2.08. The SMILES string of the molecule is CN(C)CCCNC(=O)c1cc(=O)[nH]c2ccccc12. The Hall–Kier alpha value is -2.14. The van der Waals surface area contributed by atoms with Crippen molar-refractivity contribution in [3.8, 4) is 0 Å². The van der Waals surface area contributed by atoms with Crippen LogP contribution in [0.1, 0.15) is 16.8 Å². The van der Waals surface area contributed by atoms with Crippen LogP contribution < -0.4 is 10.9 Å². The van der Waals surface area contributed by atoms with Crippen molar-refractivity contribution in [2.24, 2.45) is 0 Å². The van der Waals surface area contributed by atoms with Crippen LogP contribution in [0.3, 0.4) is 0 Å². The van der Waals surface area contributed by atoms with E-state index >= 15 is 0 Å². The number of aromatic nitrogens is 1. The molecule has 0 unspecified atom stereocenters. The van der Waals surface area contributed by atoms with Crippen LogP contribution in [0, 0.1) is 0 Å². The monoisotopic (exact) mass is 273 g/mol. The highest BCUT2D eigenvalue weighted by atomic mass is 16.2. The van der Waals surface area contributed by atoms with Gasteiger partial charge >= 0.3 is 0 Å². The first-order valence-electron chi connectivity index (χ1n) is 6.63. The number of H-pyrrole nitrogens is 1. The third-order valence-electron chi connectivity index (χ3n) is 3.06. The van der Waals surface area contributed by atoms with E-state index in [0.717, 1.165) is 18.4 Å². The highest BCUT2D eigenvalue weighted by Crippen LogP contribution is 2.14. The summed E-state index contributed by atoms with van der Waals surface area (Å²) in [5.74, 6) is -0.203. The predicted octanol–water partition coefficient (Wildman–Crippen LogP) is 1.21. The molecule has 0 bridgehead atoms. The van der Waals surface area contributed by atoms with Gasteiger partial charge in [0, 0.05) is 23.5 Å². The van der Waals surface area contributed by atoms with Gasteiger partial charge in [-0.05, 0) is 33.1 Å². The van der Waals surface area contributed by atoms with Gasteiger partial charge in [0.2, 0.25) is 5.56 Å². The van der Waals surface area contributed by atoms with Crippen LogP contribution >= 0.6 is 0 Å². The number of nitrogens with zero attached hydrogens (tertiary/aromatic N) is 1. The summed E-state index contributed by atoms with van der Waals surface area (Å²) in [6.45, 7) is 1.51. The fraction of sp³-hybridized carbons (Fsp3) is 0.333. The van der Waals surface area contributed by atoms with E-state index in [4.69, 9.17) is 0 Å². The Bertz CT molecular complexity index is 661. The van der Waals surface area contributed by atoms with Crippen LogP contribution in [0.15, 0.2) is 35.1 Å². The van der Waals surface area contributed by atoms with Crippen molar-refractivity contribution in [2.75, 3.05) is 27.2 Å². The van der Waals surface area contributed by atoms with Crippen LogP contribution in [-0.2, 0) is 0 Å². The van der Waals surface area contributed by atoms with Gasteiger partial charge in [-0.1, -0.05) is 18.2 Å². The number of benzene rings is 1. The smallest absolute Gasteiger partial charge is 0.252 e. The van der Waals surface area contributed by atoms with Gasteiger partial charge < -0.3 is 15.2 Å². The van der Waals surface area contributed by atoms with Crippen molar-refractivity contribution in [1.29, 1.82) is 0 Å². The highest BCUT2D eigenvalue weighted by molar-refractivity contribution is 6.05. The Morgan fingerprint density at radius 2 is 2.05 bits per heavy atom. The van der Waals surface area contributed by atoms with Gasteiger partial charge in [0.1, 0.15) is 0 Å². The summed E-state index contributed by atoms with van der Waals surface area (Å²) in [4.78, 5) is 28.6. The van der Waals surface area contributed by atoms with Crippen molar-refractivity contribution in [3.63, 3.8) is 0 Å². The Morgan fingerprint density at radius 1 is 1.30 bits per heavy atom. The van der Waals surface area contributed by atoms with Crippen molar-refractivity contribution in [3.05, 3.63) is 46.2 Å². The second-order valence-corrected chi connectivity index (χ2v) is 5.01. The molecule has 0 saturated heterocycles. The molecule has 0 aliphatic rings. The maximum absolute atomic E-state index is 12.2. The average Bonchev–Trinajstić information content (AvgIpc) is 2.42. The second-order valence-electron chi connectivity index (χ2n) is 5.01. The van der Waals surface area contributed by atoms with E-state index in [1.807, 2.05) is 32.3 Å². The lowest BCUT2D eigenvalue weighted by Crippen LogP contribution is -2.28. The van der Waals surface area contributed by atoms with Crippen LogP contribution in [0.2, 0.25) is 0 Å². The molecular formula is C15H19N3O2. The number of hydrogen-bond acceptors (Lipinski definition) is 3. The molecule has 20 heavy (non-hydrogen) atoms. The first kappa shape index (κ1) is 14.3. The number of pyridine rings is 1. The number of para-hydroxylation sites is 1. The Balaban J connectivity index is 2.15. The Labute approximate surface area is 117 Å². The quantitative estimate of drug-likeness (QED) is 0.805. The molecule has 1 amide bonds.